The Morgan fingerprint density at radius 3 is 2.33 bits per heavy atom. The van der Waals surface area contributed by atoms with Gasteiger partial charge in [0.2, 0.25) is 0 Å². The number of ether oxygens (including phenoxy) is 3. The Kier molecular flexibility index (Phi) is 7.32. The third kappa shape index (κ3) is 6.04. The van der Waals surface area contributed by atoms with Crippen molar-refractivity contribution in [2.45, 2.75) is 20.8 Å². The summed E-state index contributed by atoms with van der Waals surface area (Å²) in [5.74, 6) is -1.68. The molecular weight excluding hydrogens is 436 g/mol. The highest BCUT2D eigenvalue weighted by Crippen LogP contribution is 2.32. The molecule has 8 heteroatoms. The zero-order valence-corrected chi connectivity index (χ0v) is 17.3. The first-order valence-electron chi connectivity index (χ1n) is 7.95. The Bertz CT molecular complexity index is 900. The van der Waals surface area contributed by atoms with E-state index >= 15 is 0 Å². The minimum Gasteiger partial charge on any atom is -0.462 e. The van der Waals surface area contributed by atoms with Gasteiger partial charge in [0.15, 0.2) is 0 Å². The van der Waals surface area contributed by atoms with E-state index in [0.29, 0.717) is 5.56 Å². The summed E-state index contributed by atoms with van der Waals surface area (Å²) >= 11 is 4.89. The molecule has 6 nitrogen and oxygen atoms in total. The van der Waals surface area contributed by atoms with Crippen LogP contribution in [-0.4, -0.2) is 24.5 Å². The van der Waals surface area contributed by atoms with E-state index in [4.69, 9.17) is 14.2 Å². The first-order valence-corrected chi connectivity index (χ1v) is 9.56. The predicted octanol–water partition coefficient (Wildman–Crippen LogP) is 4.71. The van der Waals surface area contributed by atoms with Crippen molar-refractivity contribution >= 4 is 57.3 Å². The van der Waals surface area contributed by atoms with Crippen molar-refractivity contribution in [1.29, 1.82) is 0 Å². The lowest BCUT2D eigenvalue weighted by molar-refractivity contribution is -0.132. The van der Waals surface area contributed by atoms with Gasteiger partial charge in [-0.25, -0.2) is 4.79 Å². The molecule has 0 unspecified atom stereocenters. The van der Waals surface area contributed by atoms with E-state index in [2.05, 4.69) is 15.9 Å². The SMILES string of the molecule is CCOC(=O)c1c(/C=C/c2ccc(Br)s2)cc(OC(C)=O)cc1OC(C)=O. The molecule has 0 saturated heterocycles. The van der Waals surface area contributed by atoms with Crippen LogP contribution in [0.5, 0.6) is 11.5 Å². The number of esters is 3. The Morgan fingerprint density at radius 1 is 1.07 bits per heavy atom. The average Bonchev–Trinajstić information content (AvgIpc) is 2.97. The van der Waals surface area contributed by atoms with E-state index in [1.807, 2.05) is 12.1 Å². The van der Waals surface area contributed by atoms with E-state index < -0.39 is 17.9 Å². The molecule has 0 fully saturated rings. The van der Waals surface area contributed by atoms with Crippen molar-refractivity contribution in [3.05, 3.63) is 44.1 Å². The maximum Gasteiger partial charge on any atom is 0.342 e. The van der Waals surface area contributed by atoms with Gasteiger partial charge in [0.1, 0.15) is 17.1 Å². The average molecular weight is 453 g/mol. The molecule has 0 N–H and O–H groups in total. The van der Waals surface area contributed by atoms with Crippen LogP contribution in [0, 0.1) is 0 Å². The number of halogens is 1. The zero-order chi connectivity index (χ0) is 20.0. The van der Waals surface area contributed by atoms with Crippen molar-refractivity contribution in [2.24, 2.45) is 0 Å². The summed E-state index contributed by atoms with van der Waals surface area (Å²) in [5.41, 5.74) is 0.475. The van der Waals surface area contributed by atoms with E-state index in [0.717, 1.165) is 8.66 Å². The highest BCUT2D eigenvalue weighted by Gasteiger charge is 2.21. The molecule has 0 aliphatic rings. The zero-order valence-electron chi connectivity index (χ0n) is 14.9. The van der Waals surface area contributed by atoms with E-state index in [1.165, 1.54) is 37.3 Å². The number of carbonyl (C=O) groups excluding carboxylic acids is 3. The minimum absolute atomic E-state index is 0.0355. The van der Waals surface area contributed by atoms with Gasteiger partial charge < -0.3 is 14.2 Å². The van der Waals surface area contributed by atoms with Crippen molar-refractivity contribution in [3.8, 4) is 11.5 Å². The smallest absolute Gasteiger partial charge is 0.342 e. The van der Waals surface area contributed by atoms with Crippen LogP contribution in [-0.2, 0) is 14.3 Å². The topological polar surface area (TPSA) is 78.9 Å². The van der Waals surface area contributed by atoms with Crippen molar-refractivity contribution in [2.75, 3.05) is 6.61 Å². The Hall–Kier alpha value is -2.45. The molecule has 1 aromatic carbocycles. The molecule has 0 bridgehead atoms. The molecule has 0 aliphatic heterocycles. The van der Waals surface area contributed by atoms with Gasteiger partial charge in [-0.15, -0.1) is 11.3 Å². The van der Waals surface area contributed by atoms with Crippen LogP contribution in [0.15, 0.2) is 28.1 Å². The van der Waals surface area contributed by atoms with E-state index in [-0.39, 0.29) is 23.7 Å². The quantitative estimate of drug-likeness (QED) is 0.466. The van der Waals surface area contributed by atoms with Gasteiger partial charge >= 0.3 is 17.9 Å². The molecule has 2 aromatic rings. The lowest BCUT2D eigenvalue weighted by Crippen LogP contribution is -2.13. The standard InChI is InChI=1S/C19H17BrO6S/c1-4-24-19(23)18-13(5-6-15-7-8-17(20)27-15)9-14(25-11(2)21)10-16(18)26-12(3)22/h5-10H,4H2,1-3H3/b6-5+. The molecule has 0 atom stereocenters. The van der Waals surface area contributed by atoms with Crippen LogP contribution in [0.2, 0.25) is 0 Å². The Morgan fingerprint density at radius 2 is 1.78 bits per heavy atom. The fraction of sp³-hybridized carbons (Fsp3) is 0.211. The summed E-state index contributed by atoms with van der Waals surface area (Å²) < 4.78 is 16.3. The molecule has 1 aromatic heterocycles. The van der Waals surface area contributed by atoms with Gasteiger partial charge in [0.05, 0.1) is 10.4 Å². The summed E-state index contributed by atoms with van der Waals surface area (Å²) in [6.07, 6.45) is 3.47. The van der Waals surface area contributed by atoms with Crippen molar-refractivity contribution in [1.82, 2.24) is 0 Å². The fourth-order valence-corrected chi connectivity index (χ4v) is 3.54. The van der Waals surface area contributed by atoms with Crippen molar-refractivity contribution < 1.29 is 28.6 Å². The molecule has 0 radical (unpaired) electrons. The molecule has 142 valence electrons. The molecule has 2 rings (SSSR count). The number of hydrogen-bond donors (Lipinski definition) is 0. The highest BCUT2D eigenvalue weighted by molar-refractivity contribution is 9.11. The number of thiophene rings is 1. The normalized spacial score (nSPS) is 10.7. The first kappa shape index (κ1) is 20.9. The highest BCUT2D eigenvalue weighted by atomic mass is 79.9. The summed E-state index contributed by atoms with van der Waals surface area (Å²) in [5, 5.41) is 0. The van der Waals surface area contributed by atoms with Gasteiger partial charge in [0, 0.05) is 24.8 Å². The van der Waals surface area contributed by atoms with Crippen LogP contribution in [0.1, 0.15) is 41.6 Å². The molecule has 0 saturated carbocycles. The van der Waals surface area contributed by atoms with Gasteiger partial charge in [-0.05, 0) is 52.7 Å². The first-order chi connectivity index (χ1) is 12.8. The van der Waals surface area contributed by atoms with Crippen LogP contribution in [0.4, 0.5) is 0 Å². The number of benzene rings is 1. The second kappa shape index (κ2) is 9.48. The van der Waals surface area contributed by atoms with E-state index in [1.54, 1.807) is 19.1 Å². The second-order valence-corrected chi connectivity index (χ2v) is 7.76. The predicted molar refractivity (Wildman–Crippen MR) is 106 cm³/mol. The van der Waals surface area contributed by atoms with Gasteiger partial charge in [-0.1, -0.05) is 6.08 Å². The van der Waals surface area contributed by atoms with Crippen molar-refractivity contribution in [3.63, 3.8) is 0 Å². The monoisotopic (exact) mass is 452 g/mol. The lowest BCUT2D eigenvalue weighted by Gasteiger charge is -2.13. The summed E-state index contributed by atoms with van der Waals surface area (Å²) in [6, 6.07) is 6.63. The van der Waals surface area contributed by atoms with Crippen LogP contribution < -0.4 is 9.47 Å². The second-order valence-electron chi connectivity index (χ2n) is 5.27. The largest absolute Gasteiger partial charge is 0.462 e. The number of hydrogen-bond acceptors (Lipinski definition) is 7. The molecular formula is C19H17BrO6S. The van der Waals surface area contributed by atoms with E-state index in [9.17, 15) is 14.4 Å². The molecule has 0 amide bonds. The summed E-state index contributed by atoms with van der Waals surface area (Å²) in [4.78, 5) is 36.2. The van der Waals surface area contributed by atoms with Gasteiger partial charge in [-0.3, -0.25) is 9.59 Å². The summed E-state index contributed by atoms with van der Waals surface area (Å²) in [7, 11) is 0. The number of rotatable bonds is 6. The maximum absolute atomic E-state index is 12.5. The minimum atomic E-state index is -0.643. The Balaban J connectivity index is 2.59. The van der Waals surface area contributed by atoms with Crippen LogP contribution in [0.3, 0.4) is 0 Å². The molecule has 27 heavy (non-hydrogen) atoms. The third-order valence-corrected chi connectivity index (χ3v) is 4.71. The third-order valence-electron chi connectivity index (χ3n) is 3.12. The molecule has 1 heterocycles. The fourth-order valence-electron chi connectivity index (χ4n) is 2.21. The Labute approximate surface area is 168 Å². The van der Waals surface area contributed by atoms with Gasteiger partial charge in [-0.2, -0.15) is 0 Å². The lowest BCUT2D eigenvalue weighted by atomic mass is 10.0. The van der Waals surface area contributed by atoms with Crippen LogP contribution >= 0.6 is 27.3 Å². The van der Waals surface area contributed by atoms with Gasteiger partial charge in [0.25, 0.3) is 0 Å². The molecule has 0 spiro atoms. The maximum atomic E-state index is 12.5. The summed E-state index contributed by atoms with van der Waals surface area (Å²) in [6.45, 7) is 4.30. The molecule has 0 aliphatic carbocycles. The number of carbonyl (C=O) groups is 3. The van der Waals surface area contributed by atoms with Crippen LogP contribution in [0.25, 0.3) is 12.2 Å².